The molecule has 0 aliphatic rings. The van der Waals surface area contributed by atoms with Crippen LogP contribution in [-0.2, 0) is 4.84 Å². The zero-order valence-corrected chi connectivity index (χ0v) is 9.47. The predicted molar refractivity (Wildman–Crippen MR) is 63.5 cm³/mol. The van der Waals surface area contributed by atoms with E-state index in [0.717, 1.165) is 17.6 Å². The molecular weight excluding hydrogens is 174 g/mol. The summed E-state index contributed by atoms with van der Waals surface area (Å²) in [5, 5.41) is 0. The molecule has 0 aromatic carbocycles. The van der Waals surface area contributed by atoms with Crippen molar-refractivity contribution in [3.8, 4) is 0 Å². The van der Waals surface area contributed by atoms with Gasteiger partial charge in [-0.05, 0) is 12.0 Å². The van der Waals surface area contributed by atoms with E-state index >= 15 is 0 Å². The van der Waals surface area contributed by atoms with Crippen molar-refractivity contribution in [2.45, 2.75) is 27.2 Å². The Morgan fingerprint density at radius 2 is 1.71 bits per heavy atom. The molecule has 14 heavy (non-hydrogen) atoms. The molecule has 0 heterocycles. The van der Waals surface area contributed by atoms with Gasteiger partial charge in [0, 0.05) is 5.57 Å². The summed E-state index contributed by atoms with van der Waals surface area (Å²) in [6.07, 6.45) is 4.06. The second-order valence-electron chi connectivity index (χ2n) is 2.27. The maximum atomic E-state index is 5.09. The topological polar surface area (TPSA) is 35.2 Å². The van der Waals surface area contributed by atoms with E-state index < -0.39 is 0 Å². The molecule has 0 aromatic heterocycles. The van der Waals surface area contributed by atoms with Crippen LogP contribution in [0.2, 0.25) is 0 Å². The monoisotopic (exact) mass is 195 g/mol. The fraction of sp³-hybridized carbons (Fsp3) is 0.333. The van der Waals surface area contributed by atoms with Crippen molar-refractivity contribution < 1.29 is 4.84 Å². The maximum Gasteiger partial charge on any atom is 0.156 e. The second kappa shape index (κ2) is 9.81. The van der Waals surface area contributed by atoms with Crippen molar-refractivity contribution >= 4 is 0 Å². The van der Waals surface area contributed by atoms with E-state index in [1.165, 1.54) is 0 Å². The molecule has 0 saturated carbocycles. The lowest BCUT2D eigenvalue weighted by Crippen LogP contribution is -2.03. The van der Waals surface area contributed by atoms with Crippen LogP contribution in [0.1, 0.15) is 27.2 Å². The normalized spacial score (nSPS) is 7.71. The summed E-state index contributed by atoms with van der Waals surface area (Å²) in [5.74, 6) is 5.64. The van der Waals surface area contributed by atoms with Crippen LogP contribution in [0.3, 0.4) is 0 Å². The maximum absolute atomic E-state index is 5.09. The Balaban J connectivity index is 0. The first-order valence-electron chi connectivity index (χ1n) is 4.75. The van der Waals surface area contributed by atoms with E-state index in [4.69, 9.17) is 5.90 Å². The van der Waals surface area contributed by atoms with Crippen molar-refractivity contribution in [3.63, 3.8) is 0 Å². The highest BCUT2D eigenvalue weighted by Crippen LogP contribution is 2.17. The van der Waals surface area contributed by atoms with E-state index in [2.05, 4.69) is 24.6 Å². The molecule has 0 aromatic rings. The van der Waals surface area contributed by atoms with E-state index in [0.29, 0.717) is 5.76 Å². The Morgan fingerprint density at radius 3 is 1.93 bits per heavy atom. The third kappa shape index (κ3) is 4.67. The van der Waals surface area contributed by atoms with Gasteiger partial charge in [-0.1, -0.05) is 52.7 Å². The number of rotatable bonds is 5. The van der Waals surface area contributed by atoms with Gasteiger partial charge in [0.1, 0.15) is 0 Å². The van der Waals surface area contributed by atoms with Gasteiger partial charge in [0.05, 0.1) is 0 Å². The van der Waals surface area contributed by atoms with E-state index in [9.17, 15) is 0 Å². The lowest BCUT2D eigenvalue weighted by molar-refractivity contribution is 0.226. The lowest BCUT2D eigenvalue weighted by Gasteiger charge is -2.08. The minimum Gasteiger partial charge on any atom is -0.411 e. The molecule has 80 valence electrons. The highest BCUT2D eigenvalue weighted by Gasteiger charge is 2.04. The molecule has 0 spiro atoms. The largest absolute Gasteiger partial charge is 0.411 e. The molecule has 0 fully saturated rings. The summed E-state index contributed by atoms with van der Waals surface area (Å²) in [4.78, 5) is 4.68. The van der Waals surface area contributed by atoms with Crippen molar-refractivity contribution in [2.75, 3.05) is 0 Å². The first kappa shape index (κ1) is 15.2. The first-order chi connectivity index (χ1) is 6.71. The smallest absolute Gasteiger partial charge is 0.156 e. The minimum atomic E-state index is 0.558. The Kier molecular flexibility index (Phi) is 10.6. The fourth-order valence-electron chi connectivity index (χ4n) is 0.785. The van der Waals surface area contributed by atoms with E-state index in [1.54, 1.807) is 12.2 Å². The van der Waals surface area contributed by atoms with Crippen molar-refractivity contribution in [3.05, 3.63) is 48.8 Å². The van der Waals surface area contributed by atoms with Gasteiger partial charge in [0.15, 0.2) is 5.76 Å². The van der Waals surface area contributed by atoms with E-state index in [1.807, 2.05) is 20.8 Å². The van der Waals surface area contributed by atoms with Crippen molar-refractivity contribution in [1.29, 1.82) is 0 Å². The van der Waals surface area contributed by atoms with Crippen LogP contribution in [0.4, 0.5) is 0 Å². The van der Waals surface area contributed by atoms with Gasteiger partial charge in [-0.2, -0.15) is 5.90 Å². The summed E-state index contributed by atoms with van der Waals surface area (Å²) >= 11 is 0. The quantitative estimate of drug-likeness (QED) is 0.414. The number of hydrogen-bond donors (Lipinski definition) is 1. The summed E-state index contributed by atoms with van der Waals surface area (Å²) in [6.45, 7) is 17.0. The van der Waals surface area contributed by atoms with Crippen LogP contribution in [-0.4, -0.2) is 0 Å². The molecule has 2 N–H and O–H groups in total. The molecule has 0 rings (SSSR count). The number of allylic oxidation sites excluding steroid dienone is 4. The van der Waals surface area contributed by atoms with Gasteiger partial charge in [0.2, 0.25) is 0 Å². The van der Waals surface area contributed by atoms with Crippen molar-refractivity contribution in [2.24, 2.45) is 5.90 Å². The third-order valence-electron chi connectivity index (χ3n) is 1.57. The third-order valence-corrected chi connectivity index (χ3v) is 1.57. The molecule has 0 bridgehead atoms. The Hall–Kier alpha value is -1.28. The average Bonchev–Trinajstić information content (AvgIpc) is 2.27. The van der Waals surface area contributed by atoms with Gasteiger partial charge >= 0.3 is 0 Å². The van der Waals surface area contributed by atoms with Crippen LogP contribution in [0.25, 0.3) is 0 Å². The Bertz CT molecular complexity index is 216. The van der Waals surface area contributed by atoms with Gasteiger partial charge in [-0.15, -0.1) is 0 Å². The molecule has 2 nitrogen and oxygen atoms in total. The summed E-state index contributed by atoms with van der Waals surface area (Å²) < 4.78 is 0. The average molecular weight is 195 g/mol. The summed E-state index contributed by atoms with van der Waals surface area (Å²) in [6, 6.07) is 0. The van der Waals surface area contributed by atoms with Crippen LogP contribution in [0, 0.1) is 0 Å². The van der Waals surface area contributed by atoms with Crippen LogP contribution < -0.4 is 5.90 Å². The minimum absolute atomic E-state index is 0.558. The molecule has 0 aliphatic carbocycles. The Labute approximate surface area is 87.4 Å². The van der Waals surface area contributed by atoms with Gasteiger partial charge in [0.25, 0.3) is 0 Å². The molecule has 0 saturated heterocycles. The highest BCUT2D eigenvalue weighted by atomic mass is 16.6. The SMILES string of the molecule is C=CC(C=C)=C(ON)C(=C)CC.CC. The summed E-state index contributed by atoms with van der Waals surface area (Å²) in [7, 11) is 0. The van der Waals surface area contributed by atoms with Gasteiger partial charge in [-0.3, -0.25) is 0 Å². The number of nitrogens with two attached hydrogens (primary N) is 1. The zero-order valence-electron chi connectivity index (χ0n) is 9.47. The van der Waals surface area contributed by atoms with Crippen LogP contribution in [0.15, 0.2) is 48.8 Å². The lowest BCUT2D eigenvalue weighted by atomic mass is 10.1. The zero-order chi connectivity index (χ0) is 11.6. The predicted octanol–water partition coefficient (Wildman–Crippen LogP) is 3.50. The molecular formula is C12H21NO. The van der Waals surface area contributed by atoms with Crippen LogP contribution in [0.5, 0.6) is 0 Å². The Morgan fingerprint density at radius 1 is 1.29 bits per heavy atom. The molecule has 0 unspecified atom stereocenters. The summed E-state index contributed by atoms with van der Waals surface area (Å²) in [5.41, 5.74) is 1.61. The molecule has 0 radical (unpaired) electrons. The molecule has 0 atom stereocenters. The van der Waals surface area contributed by atoms with Crippen molar-refractivity contribution in [1.82, 2.24) is 0 Å². The van der Waals surface area contributed by atoms with Crippen LogP contribution >= 0.6 is 0 Å². The highest BCUT2D eigenvalue weighted by molar-refractivity contribution is 5.39. The van der Waals surface area contributed by atoms with Gasteiger partial charge in [-0.25, -0.2) is 0 Å². The second-order valence-corrected chi connectivity index (χ2v) is 2.27. The number of hydrogen-bond acceptors (Lipinski definition) is 2. The fourth-order valence-corrected chi connectivity index (χ4v) is 0.785. The van der Waals surface area contributed by atoms with Gasteiger partial charge < -0.3 is 4.84 Å². The molecule has 0 amide bonds. The molecule has 2 heteroatoms. The van der Waals surface area contributed by atoms with E-state index in [-0.39, 0.29) is 0 Å². The molecule has 0 aliphatic heterocycles. The standard InChI is InChI=1S/C10H15NO.C2H6/c1-5-8(4)10(12-11)9(6-2)7-3;1-2/h6-7H,2-5,11H2,1H3;1-2H3. The first-order valence-corrected chi connectivity index (χ1v) is 4.75.